The molecule has 2 heterocycles. The normalized spacial score (nSPS) is 11.8. The van der Waals surface area contributed by atoms with Gasteiger partial charge in [-0.2, -0.15) is 0 Å². The highest BCUT2D eigenvalue weighted by molar-refractivity contribution is 5.63. The average Bonchev–Trinajstić information content (AvgIpc) is 2.27. The zero-order chi connectivity index (χ0) is 6.97. The minimum Gasteiger partial charge on any atom is -0.328 e. The van der Waals surface area contributed by atoms with E-state index in [9.17, 15) is 0 Å². The van der Waals surface area contributed by atoms with Crippen LogP contribution in [0.4, 0.5) is 0 Å². The Morgan fingerprint density at radius 3 is 3.11 bits per heavy atom. The Morgan fingerprint density at radius 1 is 1.33 bits per heavy atom. The van der Waals surface area contributed by atoms with E-state index in [-0.39, 0.29) is 6.30 Å². The van der Waals surface area contributed by atoms with Crippen molar-refractivity contribution in [3.05, 3.63) is 18.7 Å². The predicted molar refractivity (Wildman–Crippen MR) is 31.7 cm³/mol. The summed E-state index contributed by atoms with van der Waals surface area (Å²) in [4.78, 5) is 14.2. The molecule has 0 saturated carbocycles. The lowest BCUT2D eigenvalue weighted by atomic mass is 10.7. The van der Waals surface area contributed by atoms with Gasteiger partial charge in [-0.1, -0.05) is 0 Å². The summed E-state index contributed by atoms with van der Waals surface area (Å²) in [6.45, 7) is 0. The monoisotopic (exact) mass is 121 g/mol. The number of nitrogens with zero attached hydrogens (tertiary/aromatic N) is 3. The summed E-state index contributed by atoms with van der Waals surface area (Å²) in [5.41, 5.74) is 1.06. The fourth-order valence-electron chi connectivity index (χ4n) is 0.635. The van der Waals surface area contributed by atoms with Gasteiger partial charge in [0, 0.05) is 12.4 Å². The Balaban J connectivity index is 2.88. The summed E-state index contributed by atoms with van der Waals surface area (Å²) in [7, 11) is 0. The van der Waals surface area contributed by atoms with Crippen LogP contribution in [0.1, 0.15) is 1.37 Å². The number of hydrogen-bond acceptors (Lipinski definition) is 3. The van der Waals surface area contributed by atoms with Crippen molar-refractivity contribution in [2.45, 2.75) is 0 Å². The van der Waals surface area contributed by atoms with Crippen LogP contribution < -0.4 is 0 Å². The molecule has 2 aromatic rings. The summed E-state index contributed by atoms with van der Waals surface area (Å²) >= 11 is 0. The van der Waals surface area contributed by atoms with E-state index >= 15 is 0 Å². The van der Waals surface area contributed by atoms with E-state index in [0.29, 0.717) is 11.3 Å². The zero-order valence-electron chi connectivity index (χ0n) is 5.50. The summed E-state index contributed by atoms with van der Waals surface area (Å²) in [5.74, 6) is 0. The van der Waals surface area contributed by atoms with Gasteiger partial charge in [0.1, 0.15) is 1.37 Å². The Labute approximate surface area is 52.4 Å². The second kappa shape index (κ2) is 1.51. The maximum Gasteiger partial charge on any atom is 0.197 e. The van der Waals surface area contributed by atoms with Crippen LogP contribution in [0.15, 0.2) is 18.7 Å². The smallest absolute Gasteiger partial charge is 0.197 e. The largest absolute Gasteiger partial charge is 0.328 e. The van der Waals surface area contributed by atoms with E-state index < -0.39 is 0 Å². The highest BCUT2D eigenvalue weighted by atomic mass is 15.0. The van der Waals surface area contributed by atoms with E-state index in [1.165, 1.54) is 0 Å². The fourth-order valence-corrected chi connectivity index (χ4v) is 0.635. The number of imidazole rings is 1. The van der Waals surface area contributed by atoms with Crippen LogP contribution in [-0.4, -0.2) is 19.9 Å². The van der Waals surface area contributed by atoms with Crippen LogP contribution in [0.5, 0.6) is 0 Å². The van der Waals surface area contributed by atoms with Crippen LogP contribution >= 0.6 is 0 Å². The van der Waals surface area contributed by atoms with Crippen molar-refractivity contribution in [1.82, 2.24) is 19.9 Å². The van der Waals surface area contributed by atoms with Crippen LogP contribution in [-0.2, 0) is 0 Å². The molecule has 0 aliphatic heterocycles. The summed E-state index contributed by atoms with van der Waals surface area (Å²) in [6, 6.07) is 0. The van der Waals surface area contributed by atoms with Crippen molar-refractivity contribution in [2.24, 2.45) is 0 Å². The Kier molecular flexibility index (Phi) is 0.597. The number of aromatic amines is 1. The van der Waals surface area contributed by atoms with Crippen molar-refractivity contribution < 1.29 is 1.37 Å². The highest BCUT2D eigenvalue weighted by Gasteiger charge is 1.91. The number of aromatic nitrogens is 4. The quantitative estimate of drug-likeness (QED) is 0.547. The summed E-state index contributed by atoms with van der Waals surface area (Å²) in [6.07, 6.45) is 3.20. The lowest BCUT2D eigenvalue weighted by molar-refractivity contribution is 1.26. The first-order chi connectivity index (χ1) is 4.86. The molecule has 0 spiro atoms. The zero-order valence-corrected chi connectivity index (χ0v) is 4.50. The van der Waals surface area contributed by atoms with E-state index in [1.807, 2.05) is 0 Å². The van der Waals surface area contributed by atoms with Gasteiger partial charge in [-0.3, -0.25) is 0 Å². The van der Waals surface area contributed by atoms with Gasteiger partial charge in [0.15, 0.2) is 11.3 Å². The van der Waals surface area contributed by atoms with Crippen molar-refractivity contribution in [3.63, 3.8) is 0 Å². The number of hydrogen-bond donors (Lipinski definition) is 1. The third-order valence-electron chi connectivity index (χ3n) is 1.02. The van der Waals surface area contributed by atoms with Crippen molar-refractivity contribution in [3.8, 4) is 0 Å². The van der Waals surface area contributed by atoms with Gasteiger partial charge >= 0.3 is 0 Å². The molecule has 9 heavy (non-hydrogen) atoms. The molecule has 0 amide bonds. The molecular weight excluding hydrogens is 116 g/mol. The molecule has 4 heteroatoms. The molecule has 44 valence electrons. The molecule has 0 saturated heterocycles. The summed E-state index contributed by atoms with van der Waals surface area (Å²) in [5, 5.41) is 0. The predicted octanol–water partition coefficient (Wildman–Crippen LogP) is 0.353. The lowest BCUT2D eigenvalue weighted by Gasteiger charge is -1.80. The molecule has 0 bridgehead atoms. The standard InChI is InChI=1S/C5H4N4/c1-2-7-5-4(6-1)8-3-9-5/h1-3H,(H,6,7,8,9)/i3D. The highest BCUT2D eigenvalue weighted by Crippen LogP contribution is 1.96. The number of nitrogens with one attached hydrogen (secondary N) is 1. The van der Waals surface area contributed by atoms with Gasteiger partial charge in [0.2, 0.25) is 0 Å². The number of rotatable bonds is 0. The van der Waals surface area contributed by atoms with Gasteiger partial charge < -0.3 is 4.98 Å². The topological polar surface area (TPSA) is 54.5 Å². The van der Waals surface area contributed by atoms with Crippen LogP contribution in [0.2, 0.25) is 0 Å². The average molecular weight is 121 g/mol. The molecule has 0 aromatic carbocycles. The maximum atomic E-state index is 7.08. The van der Waals surface area contributed by atoms with Gasteiger partial charge in [-0.25, -0.2) is 15.0 Å². The Morgan fingerprint density at radius 2 is 2.22 bits per heavy atom. The molecule has 0 radical (unpaired) electrons. The van der Waals surface area contributed by atoms with Gasteiger partial charge in [-0.05, 0) is 0 Å². The van der Waals surface area contributed by atoms with Gasteiger partial charge in [0.05, 0.1) is 6.30 Å². The van der Waals surface area contributed by atoms with Crippen molar-refractivity contribution in [2.75, 3.05) is 0 Å². The minimum absolute atomic E-state index is 0.0983. The molecule has 2 aromatic heterocycles. The SMILES string of the molecule is [2H]c1nc2nccnc2[nH]1. The minimum atomic E-state index is 0.0983. The Bertz CT molecular complexity index is 322. The molecule has 0 atom stereocenters. The second-order valence-corrected chi connectivity index (χ2v) is 1.58. The molecule has 0 fully saturated rings. The summed E-state index contributed by atoms with van der Waals surface area (Å²) < 4.78 is 7.08. The molecule has 0 aliphatic rings. The van der Waals surface area contributed by atoms with Crippen molar-refractivity contribution >= 4 is 11.3 Å². The molecular formula is C5H4N4. The third-order valence-corrected chi connectivity index (χ3v) is 1.02. The van der Waals surface area contributed by atoms with Crippen LogP contribution in [0, 0.1) is 0 Å². The van der Waals surface area contributed by atoms with Gasteiger partial charge in [-0.15, -0.1) is 0 Å². The second-order valence-electron chi connectivity index (χ2n) is 1.58. The van der Waals surface area contributed by atoms with E-state index in [1.54, 1.807) is 12.4 Å². The molecule has 0 aliphatic carbocycles. The number of H-pyrrole nitrogens is 1. The third kappa shape index (κ3) is 0.561. The maximum absolute atomic E-state index is 7.08. The van der Waals surface area contributed by atoms with E-state index in [0.717, 1.165) is 0 Å². The molecule has 4 nitrogen and oxygen atoms in total. The molecule has 2 rings (SSSR count). The fraction of sp³-hybridized carbons (Fsp3) is 0. The molecule has 0 unspecified atom stereocenters. The first-order valence-electron chi connectivity index (χ1n) is 2.99. The Hall–Kier alpha value is -1.45. The first kappa shape index (κ1) is 3.55. The lowest BCUT2D eigenvalue weighted by Crippen LogP contribution is -1.77. The first-order valence-corrected chi connectivity index (χ1v) is 2.49. The van der Waals surface area contributed by atoms with Crippen LogP contribution in [0.3, 0.4) is 0 Å². The van der Waals surface area contributed by atoms with Crippen molar-refractivity contribution in [1.29, 1.82) is 0 Å². The van der Waals surface area contributed by atoms with E-state index in [4.69, 9.17) is 1.37 Å². The molecule has 1 N–H and O–H groups in total. The number of fused-ring (bicyclic) bond motifs is 1. The van der Waals surface area contributed by atoms with E-state index in [2.05, 4.69) is 19.9 Å². The van der Waals surface area contributed by atoms with Crippen LogP contribution in [0.25, 0.3) is 11.3 Å². The van der Waals surface area contributed by atoms with Gasteiger partial charge in [0.25, 0.3) is 0 Å².